The molecule has 0 spiro atoms. The fourth-order valence-corrected chi connectivity index (χ4v) is 13.9. The summed E-state index contributed by atoms with van der Waals surface area (Å²) in [6.45, 7) is 10.3. The van der Waals surface area contributed by atoms with E-state index in [0.29, 0.717) is 35.5 Å². The summed E-state index contributed by atoms with van der Waals surface area (Å²) in [5.41, 5.74) is 19.1. The number of fused-ring (bicyclic) bond motifs is 16. The molecule has 6 atom stereocenters. The number of nitrogens with zero attached hydrogens (tertiary/aromatic N) is 2. The van der Waals surface area contributed by atoms with Gasteiger partial charge in [0.05, 0.1) is 16.6 Å². The fraction of sp³-hybridized carbons (Fsp3) is 0.286. The molecule has 0 amide bonds. The molecular formula is C56H50N2. The van der Waals surface area contributed by atoms with Crippen molar-refractivity contribution in [1.82, 2.24) is 9.13 Å². The van der Waals surface area contributed by atoms with Gasteiger partial charge >= 0.3 is 0 Å². The first-order valence-electron chi connectivity index (χ1n) is 22.0. The second-order valence-corrected chi connectivity index (χ2v) is 19.5. The van der Waals surface area contributed by atoms with Gasteiger partial charge in [-0.1, -0.05) is 155 Å². The number of benzene rings is 4. The van der Waals surface area contributed by atoms with E-state index in [0.717, 1.165) is 25.7 Å². The van der Waals surface area contributed by atoms with Gasteiger partial charge in [0, 0.05) is 50.6 Å². The van der Waals surface area contributed by atoms with Gasteiger partial charge in [0.25, 0.3) is 0 Å². The van der Waals surface area contributed by atoms with Crippen LogP contribution >= 0.6 is 0 Å². The zero-order valence-corrected chi connectivity index (χ0v) is 34.0. The van der Waals surface area contributed by atoms with Crippen molar-refractivity contribution in [2.24, 2.45) is 23.7 Å². The molecule has 2 aromatic heterocycles. The third-order valence-electron chi connectivity index (χ3n) is 16.2. The molecule has 0 radical (unpaired) electrons. The van der Waals surface area contributed by atoms with E-state index < -0.39 is 0 Å². The monoisotopic (exact) mass is 750 g/mol. The summed E-state index contributed by atoms with van der Waals surface area (Å²) >= 11 is 0. The molecule has 4 aromatic carbocycles. The van der Waals surface area contributed by atoms with Crippen molar-refractivity contribution in [1.29, 1.82) is 0 Å². The molecule has 2 nitrogen and oxygen atoms in total. The fourth-order valence-electron chi connectivity index (χ4n) is 13.9. The average molecular weight is 751 g/mol. The summed E-state index contributed by atoms with van der Waals surface area (Å²) in [5, 5.41) is 4.05. The minimum absolute atomic E-state index is 0.0247. The molecule has 0 fully saturated rings. The van der Waals surface area contributed by atoms with Gasteiger partial charge < -0.3 is 9.13 Å². The summed E-state index contributed by atoms with van der Waals surface area (Å²) in [4.78, 5) is 0. The lowest BCUT2D eigenvalue weighted by atomic mass is 9.61. The molecule has 0 N–H and O–H groups in total. The smallest absolute Gasteiger partial charge is 0.0541 e. The number of allylic oxidation sites excluding steroid dienone is 13. The molecule has 2 heterocycles. The van der Waals surface area contributed by atoms with Crippen LogP contribution in [0.25, 0.3) is 50.2 Å². The standard InChI is InChI=1S/C56H50N2/c1-55(2)45-29-42-44-32-52(58-49-27-15-11-19-35(49)36-20-12-16-28-50(36)58)38-22-6-8-24-40(38)54(44)56(3,4)46(42)30-41(45)43-31-51(37-21-5-7-23-39(37)53(43)55)57-47-25-13-9-17-33(47)34-18-10-14-26-48(34)57/h5-15,17-22,25-27,29-32,39-40,43-44,53-54H,16,23-24,28H2,1-4H3. The maximum atomic E-state index is 2.75. The highest BCUT2D eigenvalue weighted by molar-refractivity contribution is 6.11. The second-order valence-electron chi connectivity index (χ2n) is 19.5. The Kier molecular flexibility index (Phi) is 6.64. The molecule has 0 saturated carbocycles. The van der Waals surface area contributed by atoms with Gasteiger partial charge in [-0.2, -0.15) is 0 Å². The van der Waals surface area contributed by atoms with Gasteiger partial charge in [-0.25, -0.2) is 0 Å². The molecular weight excluding hydrogens is 701 g/mol. The van der Waals surface area contributed by atoms with Crippen LogP contribution in [0.2, 0.25) is 0 Å². The van der Waals surface area contributed by atoms with Crippen LogP contribution in [0, 0.1) is 23.7 Å². The first-order valence-corrected chi connectivity index (χ1v) is 22.0. The molecule has 58 heavy (non-hydrogen) atoms. The summed E-state index contributed by atoms with van der Waals surface area (Å²) in [6, 6.07) is 32.7. The molecule has 0 bridgehead atoms. The number of para-hydroxylation sites is 3. The Morgan fingerprint density at radius 3 is 1.59 bits per heavy atom. The minimum atomic E-state index is 0.0247. The van der Waals surface area contributed by atoms with E-state index in [2.05, 4.69) is 183 Å². The minimum Gasteiger partial charge on any atom is -0.313 e. The van der Waals surface area contributed by atoms with Gasteiger partial charge in [0.1, 0.15) is 0 Å². The Morgan fingerprint density at radius 1 is 0.552 bits per heavy atom. The van der Waals surface area contributed by atoms with Crippen LogP contribution in [0.4, 0.5) is 0 Å². The van der Waals surface area contributed by atoms with E-state index in [1.54, 1.807) is 22.3 Å². The van der Waals surface area contributed by atoms with Crippen molar-refractivity contribution < 1.29 is 0 Å². The Balaban J connectivity index is 1.03. The van der Waals surface area contributed by atoms with E-state index in [1.165, 1.54) is 66.5 Å². The van der Waals surface area contributed by atoms with Crippen molar-refractivity contribution >= 4 is 50.2 Å². The highest BCUT2D eigenvalue weighted by Gasteiger charge is 2.57. The van der Waals surface area contributed by atoms with Crippen molar-refractivity contribution in [2.75, 3.05) is 0 Å². The van der Waals surface area contributed by atoms with Crippen molar-refractivity contribution in [3.63, 3.8) is 0 Å². The predicted molar refractivity (Wildman–Crippen MR) is 243 cm³/mol. The number of aromatic nitrogens is 2. The lowest BCUT2D eigenvalue weighted by Crippen LogP contribution is -2.37. The molecule has 284 valence electrons. The normalized spacial score (nSPS) is 27.9. The highest BCUT2D eigenvalue weighted by atomic mass is 15.0. The highest BCUT2D eigenvalue weighted by Crippen LogP contribution is 2.66. The number of hydrogen-bond acceptors (Lipinski definition) is 0. The average Bonchev–Trinajstić information content (AvgIpc) is 3.91. The van der Waals surface area contributed by atoms with Crippen molar-refractivity contribution in [3.8, 4) is 0 Å². The van der Waals surface area contributed by atoms with Gasteiger partial charge in [0.2, 0.25) is 0 Å². The zero-order chi connectivity index (χ0) is 38.7. The van der Waals surface area contributed by atoms with Crippen molar-refractivity contribution in [2.45, 2.75) is 76.0 Å². The van der Waals surface area contributed by atoms with Gasteiger partial charge in [0.15, 0.2) is 0 Å². The van der Waals surface area contributed by atoms with Crippen LogP contribution in [-0.4, -0.2) is 9.13 Å². The third-order valence-corrected chi connectivity index (χ3v) is 16.2. The SMILES string of the molecule is CC1(C)c2cc3c(cc2C2C=C(n4c5c(c6ccccc64)C=CCC5)C4=CC=CCC4C21)C(C)(C)C1C2CC=CC=C2C(n2c4ccccc4c4ccccc42)=CC31. The predicted octanol–water partition coefficient (Wildman–Crippen LogP) is 13.8. The molecule has 0 aliphatic heterocycles. The zero-order valence-electron chi connectivity index (χ0n) is 34.0. The van der Waals surface area contributed by atoms with Crippen LogP contribution in [0.15, 0.2) is 151 Å². The summed E-state index contributed by atoms with van der Waals surface area (Å²) < 4.78 is 5.29. The quantitative estimate of drug-likeness (QED) is 0.167. The molecule has 0 saturated heterocycles. The largest absolute Gasteiger partial charge is 0.313 e. The Hall–Kier alpha value is -5.60. The van der Waals surface area contributed by atoms with Crippen LogP contribution in [0.1, 0.15) is 92.3 Å². The third kappa shape index (κ3) is 4.14. The first-order chi connectivity index (χ1) is 28.3. The molecule has 2 heteroatoms. The first kappa shape index (κ1) is 33.4. The van der Waals surface area contributed by atoms with Crippen LogP contribution < -0.4 is 0 Å². The summed E-state index contributed by atoms with van der Waals surface area (Å²) in [5.74, 6) is 2.65. The summed E-state index contributed by atoms with van der Waals surface area (Å²) in [7, 11) is 0. The molecule has 6 unspecified atom stereocenters. The van der Waals surface area contributed by atoms with Crippen molar-refractivity contribution in [3.05, 3.63) is 184 Å². The second kappa shape index (κ2) is 11.5. The van der Waals surface area contributed by atoms with Crippen LogP contribution in [-0.2, 0) is 17.3 Å². The Bertz CT molecular complexity index is 2990. The molecule has 6 aromatic rings. The van der Waals surface area contributed by atoms with Gasteiger partial charge in [-0.05, 0) is 112 Å². The van der Waals surface area contributed by atoms with E-state index in [9.17, 15) is 0 Å². The van der Waals surface area contributed by atoms with E-state index >= 15 is 0 Å². The molecule has 13 rings (SSSR count). The van der Waals surface area contributed by atoms with Crippen LogP contribution in [0.3, 0.4) is 0 Å². The molecule has 7 aliphatic carbocycles. The molecule has 7 aliphatic rings. The maximum absolute atomic E-state index is 2.75. The van der Waals surface area contributed by atoms with E-state index in [1.807, 2.05) is 0 Å². The van der Waals surface area contributed by atoms with Gasteiger partial charge in [-0.3, -0.25) is 0 Å². The maximum Gasteiger partial charge on any atom is 0.0541 e. The topological polar surface area (TPSA) is 9.86 Å². The Labute approximate surface area is 342 Å². The number of rotatable bonds is 2. The Morgan fingerprint density at radius 2 is 1.03 bits per heavy atom. The van der Waals surface area contributed by atoms with Crippen LogP contribution in [0.5, 0.6) is 0 Å². The lowest BCUT2D eigenvalue weighted by Gasteiger charge is -2.44. The summed E-state index contributed by atoms with van der Waals surface area (Å²) in [6.07, 6.45) is 29.0. The number of hydrogen-bond donors (Lipinski definition) is 0. The van der Waals surface area contributed by atoms with Gasteiger partial charge in [-0.15, -0.1) is 0 Å². The lowest BCUT2D eigenvalue weighted by molar-refractivity contribution is 0.237. The van der Waals surface area contributed by atoms with E-state index in [4.69, 9.17) is 0 Å². The van der Waals surface area contributed by atoms with E-state index in [-0.39, 0.29) is 10.8 Å².